The summed E-state index contributed by atoms with van der Waals surface area (Å²) in [6, 6.07) is 12.9. The lowest BCUT2D eigenvalue weighted by molar-refractivity contribution is -0.123. The Labute approximate surface area is 163 Å². The van der Waals surface area contributed by atoms with Crippen LogP contribution in [-0.4, -0.2) is 12.5 Å². The Kier molecular flexibility index (Phi) is 7.32. The predicted octanol–water partition coefficient (Wildman–Crippen LogP) is 4.84. The molecule has 6 heteroatoms. The fraction of sp³-hybridized carbons (Fsp3) is 0.300. The first-order valence-corrected chi connectivity index (χ1v) is 8.97. The van der Waals surface area contributed by atoms with Crippen LogP contribution >= 0.6 is 23.2 Å². The maximum Gasteiger partial charge on any atom is 0.237 e. The molecular formula is C20H20Cl2N2O2. The molecule has 0 aliphatic carbocycles. The minimum atomic E-state index is -0.774. The molecule has 2 aromatic carbocycles. The molecule has 2 aromatic rings. The summed E-state index contributed by atoms with van der Waals surface area (Å²) in [6.07, 6.45) is 0.304. The first kappa shape index (κ1) is 20.1. The zero-order chi connectivity index (χ0) is 19.1. The van der Waals surface area contributed by atoms with Gasteiger partial charge in [-0.25, -0.2) is 0 Å². The highest BCUT2D eigenvalue weighted by atomic mass is 35.5. The molecule has 136 valence electrons. The number of nitrogens with zero attached hydrogens (tertiary/aromatic N) is 1. The zero-order valence-electron chi connectivity index (χ0n) is 14.7. The van der Waals surface area contributed by atoms with Crippen LogP contribution in [0.1, 0.15) is 23.1 Å². The van der Waals surface area contributed by atoms with Gasteiger partial charge < -0.3 is 10.1 Å². The lowest BCUT2D eigenvalue weighted by Crippen LogP contribution is -2.30. The van der Waals surface area contributed by atoms with E-state index >= 15 is 0 Å². The van der Waals surface area contributed by atoms with Gasteiger partial charge in [-0.15, -0.1) is 0 Å². The van der Waals surface area contributed by atoms with E-state index < -0.39 is 5.92 Å². The van der Waals surface area contributed by atoms with Crippen LogP contribution in [0.4, 0.5) is 0 Å². The van der Waals surface area contributed by atoms with Gasteiger partial charge in [-0.2, -0.15) is 5.26 Å². The van der Waals surface area contributed by atoms with Crippen molar-refractivity contribution in [1.29, 1.82) is 5.26 Å². The number of hydrogen-bond acceptors (Lipinski definition) is 3. The lowest BCUT2D eigenvalue weighted by atomic mass is 10.1. The van der Waals surface area contributed by atoms with E-state index in [0.717, 1.165) is 16.7 Å². The molecule has 1 N–H and O–H groups in total. The fourth-order valence-electron chi connectivity index (χ4n) is 2.50. The van der Waals surface area contributed by atoms with Gasteiger partial charge in [-0.1, -0.05) is 35.3 Å². The molecule has 1 amide bonds. The van der Waals surface area contributed by atoms with Gasteiger partial charge in [0.05, 0.1) is 12.7 Å². The van der Waals surface area contributed by atoms with E-state index in [1.807, 2.05) is 44.2 Å². The molecule has 0 radical (unpaired) electrons. The highest BCUT2D eigenvalue weighted by molar-refractivity contribution is 6.32. The van der Waals surface area contributed by atoms with Crippen molar-refractivity contribution in [3.05, 3.63) is 63.1 Å². The molecule has 4 nitrogen and oxygen atoms in total. The molecule has 26 heavy (non-hydrogen) atoms. The van der Waals surface area contributed by atoms with Crippen LogP contribution in [0.25, 0.3) is 0 Å². The van der Waals surface area contributed by atoms with Crippen LogP contribution in [0.2, 0.25) is 10.0 Å². The fourth-order valence-corrected chi connectivity index (χ4v) is 2.82. The number of carbonyl (C=O) groups excluding carboxylic acids is 1. The van der Waals surface area contributed by atoms with Crippen molar-refractivity contribution in [2.75, 3.05) is 6.61 Å². The number of halogens is 2. The third-order valence-corrected chi connectivity index (χ3v) is 4.74. The van der Waals surface area contributed by atoms with Gasteiger partial charge in [-0.3, -0.25) is 4.79 Å². The lowest BCUT2D eigenvalue weighted by Gasteiger charge is -2.13. The van der Waals surface area contributed by atoms with Gasteiger partial charge in [0, 0.05) is 23.0 Å². The Morgan fingerprint density at radius 2 is 1.92 bits per heavy atom. The molecule has 1 atom stereocenters. The minimum absolute atomic E-state index is 0.267. The highest BCUT2D eigenvalue weighted by Gasteiger charge is 2.17. The quantitative estimate of drug-likeness (QED) is 0.735. The zero-order valence-corrected chi connectivity index (χ0v) is 16.2. The molecule has 0 bridgehead atoms. The summed E-state index contributed by atoms with van der Waals surface area (Å²) < 4.78 is 5.68. The van der Waals surface area contributed by atoms with Crippen LogP contribution in [-0.2, 0) is 11.3 Å². The Balaban J connectivity index is 1.85. The first-order valence-electron chi connectivity index (χ1n) is 8.22. The van der Waals surface area contributed by atoms with Gasteiger partial charge in [0.15, 0.2) is 0 Å². The SMILES string of the molecule is Cc1cc(OCCC(C#N)C(=O)NCc2cccc(Cl)c2)cc(C)c1Cl. The van der Waals surface area contributed by atoms with E-state index in [9.17, 15) is 10.1 Å². The Morgan fingerprint density at radius 1 is 1.23 bits per heavy atom. The van der Waals surface area contributed by atoms with Crippen molar-refractivity contribution in [1.82, 2.24) is 5.32 Å². The Morgan fingerprint density at radius 3 is 2.54 bits per heavy atom. The van der Waals surface area contributed by atoms with Gasteiger partial charge in [0.25, 0.3) is 0 Å². The van der Waals surface area contributed by atoms with Crippen molar-refractivity contribution in [3.63, 3.8) is 0 Å². The van der Waals surface area contributed by atoms with Gasteiger partial charge in [0.2, 0.25) is 5.91 Å². The summed E-state index contributed by atoms with van der Waals surface area (Å²) in [5, 5.41) is 13.3. The number of hydrogen-bond donors (Lipinski definition) is 1. The molecule has 2 rings (SSSR count). The average molecular weight is 391 g/mol. The second kappa shape index (κ2) is 9.47. The molecule has 0 aliphatic heterocycles. The van der Waals surface area contributed by atoms with Crippen LogP contribution in [0.15, 0.2) is 36.4 Å². The summed E-state index contributed by atoms with van der Waals surface area (Å²) in [4.78, 5) is 12.2. The molecule has 0 spiro atoms. The van der Waals surface area contributed by atoms with E-state index in [-0.39, 0.29) is 12.5 Å². The van der Waals surface area contributed by atoms with Crippen LogP contribution in [0.5, 0.6) is 5.75 Å². The number of aryl methyl sites for hydroxylation is 2. The second-order valence-corrected chi connectivity index (χ2v) is 6.85. The maximum atomic E-state index is 12.2. The molecule has 0 aromatic heterocycles. The monoisotopic (exact) mass is 390 g/mol. The summed E-state index contributed by atoms with van der Waals surface area (Å²) in [7, 11) is 0. The highest BCUT2D eigenvalue weighted by Crippen LogP contribution is 2.26. The van der Waals surface area contributed by atoms with Crippen molar-refractivity contribution < 1.29 is 9.53 Å². The minimum Gasteiger partial charge on any atom is -0.494 e. The number of carbonyl (C=O) groups is 1. The van der Waals surface area contributed by atoms with Crippen molar-refractivity contribution in [2.45, 2.75) is 26.8 Å². The number of nitriles is 1. The number of rotatable bonds is 7. The molecule has 0 aliphatic rings. The van der Waals surface area contributed by atoms with E-state index in [2.05, 4.69) is 5.32 Å². The number of nitrogens with one attached hydrogen (secondary N) is 1. The van der Waals surface area contributed by atoms with Crippen molar-refractivity contribution in [3.8, 4) is 11.8 Å². The summed E-state index contributed by atoms with van der Waals surface area (Å²) >= 11 is 12.1. The average Bonchev–Trinajstić information content (AvgIpc) is 2.61. The largest absolute Gasteiger partial charge is 0.494 e. The molecule has 0 heterocycles. The third-order valence-electron chi connectivity index (χ3n) is 3.91. The van der Waals surface area contributed by atoms with Crippen LogP contribution in [0, 0.1) is 31.1 Å². The molecule has 1 unspecified atom stereocenters. The second-order valence-electron chi connectivity index (χ2n) is 6.04. The maximum absolute atomic E-state index is 12.2. The first-order chi connectivity index (χ1) is 12.4. The summed E-state index contributed by atoms with van der Waals surface area (Å²) in [5.74, 6) is -0.413. The summed E-state index contributed by atoms with van der Waals surface area (Å²) in [5.41, 5.74) is 2.74. The van der Waals surface area contributed by atoms with E-state index in [4.69, 9.17) is 27.9 Å². The Hall–Kier alpha value is -2.22. The van der Waals surface area contributed by atoms with Gasteiger partial charge in [-0.05, 0) is 54.8 Å². The van der Waals surface area contributed by atoms with E-state index in [0.29, 0.717) is 28.8 Å². The van der Waals surface area contributed by atoms with E-state index in [1.165, 1.54) is 0 Å². The van der Waals surface area contributed by atoms with Crippen molar-refractivity contribution >= 4 is 29.1 Å². The smallest absolute Gasteiger partial charge is 0.237 e. The third kappa shape index (κ3) is 5.66. The molecule has 0 saturated carbocycles. The predicted molar refractivity (Wildman–Crippen MR) is 103 cm³/mol. The number of benzene rings is 2. The van der Waals surface area contributed by atoms with Crippen LogP contribution < -0.4 is 10.1 Å². The molecule has 0 fully saturated rings. The topological polar surface area (TPSA) is 62.1 Å². The normalized spacial score (nSPS) is 11.5. The standard InChI is InChI=1S/C20H20Cl2N2O2/c1-13-8-18(9-14(2)19(13)22)26-7-6-16(11-23)20(25)24-12-15-4-3-5-17(21)10-15/h3-5,8-10,16H,6-7,12H2,1-2H3,(H,24,25). The molecular weight excluding hydrogens is 371 g/mol. The Bertz CT molecular complexity index is 808. The van der Waals surface area contributed by atoms with Gasteiger partial charge in [0.1, 0.15) is 11.7 Å². The molecule has 0 saturated heterocycles. The van der Waals surface area contributed by atoms with E-state index in [1.54, 1.807) is 12.1 Å². The van der Waals surface area contributed by atoms with Crippen molar-refractivity contribution in [2.24, 2.45) is 5.92 Å². The van der Waals surface area contributed by atoms with Gasteiger partial charge >= 0.3 is 0 Å². The number of amides is 1. The number of ether oxygens (including phenoxy) is 1. The summed E-state index contributed by atoms with van der Waals surface area (Å²) in [6.45, 7) is 4.41. The van der Waals surface area contributed by atoms with Crippen LogP contribution in [0.3, 0.4) is 0 Å².